The Kier molecular flexibility index (Phi) is 10.3. The molecule has 0 aliphatic heterocycles. The minimum Gasteiger partial charge on any atom is -0.462 e. The smallest absolute Gasteiger partial charge is 0.337 e. The van der Waals surface area contributed by atoms with E-state index in [4.69, 9.17) is 14.6 Å². The Morgan fingerprint density at radius 2 is 1.75 bits per heavy atom. The van der Waals surface area contributed by atoms with E-state index in [1.807, 2.05) is 0 Å². The Morgan fingerprint density at radius 3 is 2.35 bits per heavy atom. The highest BCUT2D eigenvalue weighted by atomic mass is 16.5. The summed E-state index contributed by atoms with van der Waals surface area (Å²) in [7, 11) is 0. The van der Waals surface area contributed by atoms with Crippen LogP contribution < -0.4 is 0 Å². The molecule has 1 N–H and O–H groups in total. The number of ether oxygens (including phenoxy) is 2. The molecule has 0 aliphatic rings. The van der Waals surface area contributed by atoms with Gasteiger partial charge in [0.25, 0.3) is 0 Å². The Balaban J connectivity index is 4.10. The first-order valence-corrected chi connectivity index (χ1v) is 6.85. The van der Waals surface area contributed by atoms with Crippen LogP contribution in [0, 0.1) is 0 Å². The van der Waals surface area contributed by atoms with E-state index in [1.165, 1.54) is 13.0 Å². The second-order valence-electron chi connectivity index (χ2n) is 4.41. The molecule has 0 atom stereocenters. The number of carbonyl (C=O) groups is 2. The first-order chi connectivity index (χ1) is 9.52. The predicted molar refractivity (Wildman–Crippen MR) is 76.0 cm³/mol. The third-order valence-electron chi connectivity index (χ3n) is 2.53. The number of unbranched alkanes of at least 4 members (excludes halogenated alkanes) is 3. The molecule has 0 bridgehead atoms. The van der Waals surface area contributed by atoms with Crippen molar-refractivity contribution in [1.82, 2.24) is 0 Å². The number of aliphatic hydroxyl groups excluding tert-OH is 1. The van der Waals surface area contributed by atoms with Crippen LogP contribution in [0.1, 0.15) is 39.5 Å². The normalized spacial score (nSPS) is 11.1. The fourth-order valence-electron chi connectivity index (χ4n) is 1.42. The highest BCUT2D eigenvalue weighted by Gasteiger charge is 2.10. The summed E-state index contributed by atoms with van der Waals surface area (Å²) in [4.78, 5) is 23.0. The molecular weight excluding hydrogens is 260 g/mol. The van der Waals surface area contributed by atoms with Crippen molar-refractivity contribution >= 4 is 11.9 Å². The van der Waals surface area contributed by atoms with Crippen LogP contribution in [0.15, 0.2) is 23.8 Å². The molecule has 0 heterocycles. The van der Waals surface area contributed by atoms with E-state index in [-0.39, 0.29) is 24.4 Å². The van der Waals surface area contributed by atoms with Gasteiger partial charge in [0.1, 0.15) is 6.61 Å². The summed E-state index contributed by atoms with van der Waals surface area (Å²) in [6.45, 7) is 7.24. The Morgan fingerprint density at radius 1 is 1.10 bits per heavy atom. The highest BCUT2D eigenvalue weighted by molar-refractivity contribution is 5.95. The molecule has 0 amide bonds. The first-order valence-electron chi connectivity index (χ1n) is 6.85. The van der Waals surface area contributed by atoms with E-state index in [0.29, 0.717) is 6.61 Å². The molecule has 0 unspecified atom stereocenters. The second kappa shape index (κ2) is 11.2. The van der Waals surface area contributed by atoms with Gasteiger partial charge in [0.15, 0.2) is 0 Å². The maximum atomic E-state index is 11.6. The number of hydrogen-bond donors (Lipinski definition) is 1. The second-order valence-corrected chi connectivity index (χ2v) is 4.41. The van der Waals surface area contributed by atoms with E-state index in [0.717, 1.165) is 25.7 Å². The molecule has 114 valence electrons. The highest BCUT2D eigenvalue weighted by Crippen LogP contribution is 2.06. The van der Waals surface area contributed by atoms with Gasteiger partial charge in [-0.25, -0.2) is 9.59 Å². The van der Waals surface area contributed by atoms with Crippen LogP contribution in [-0.2, 0) is 19.1 Å². The molecule has 0 aromatic rings. The molecule has 5 heteroatoms. The minimum atomic E-state index is -0.587. The average Bonchev–Trinajstić information content (AvgIpc) is 2.43. The molecule has 0 fully saturated rings. The molecule has 0 aromatic carbocycles. The lowest BCUT2D eigenvalue weighted by Gasteiger charge is -2.06. The maximum absolute atomic E-state index is 11.6. The number of esters is 2. The van der Waals surface area contributed by atoms with Gasteiger partial charge >= 0.3 is 11.9 Å². The van der Waals surface area contributed by atoms with Gasteiger partial charge in [-0.15, -0.1) is 0 Å². The van der Waals surface area contributed by atoms with Gasteiger partial charge in [0.2, 0.25) is 0 Å². The molecule has 0 aromatic heterocycles. The van der Waals surface area contributed by atoms with Crippen LogP contribution >= 0.6 is 0 Å². The van der Waals surface area contributed by atoms with Gasteiger partial charge in [-0.05, 0) is 19.4 Å². The van der Waals surface area contributed by atoms with Crippen molar-refractivity contribution in [2.45, 2.75) is 39.5 Å². The van der Waals surface area contributed by atoms with Crippen LogP contribution in [0.2, 0.25) is 0 Å². The summed E-state index contributed by atoms with van der Waals surface area (Å²) in [6.07, 6.45) is 5.42. The number of hydrogen-bond acceptors (Lipinski definition) is 5. The van der Waals surface area contributed by atoms with Crippen LogP contribution in [0.25, 0.3) is 0 Å². The monoisotopic (exact) mass is 284 g/mol. The van der Waals surface area contributed by atoms with E-state index in [9.17, 15) is 9.59 Å². The molecular formula is C15H24O5. The van der Waals surface area contributed by atoms with Gasteiger partial charge < -0.3 is 14.6 Å². The van der Waals surface area contributed by atoms with Crippen LogP contribution in [-0.4, -0.2) is 36.9 Å². The summed E-state index contributed by atoms with van der Waals surface area (Å²) in [5, 5.41) is 8.54. The fraction of sp³-hybridized carbons (Fsp3) is 0.600. The average molecular weight is 284 g/mol. The SMILES string of the molecule is C=C(/C=C(\C)C(=O)OCCO)C(=O)OCCCCCC. The number of carbonyl (C=O) groups excluding carboxylic acids is 2. The quantitative estimate of drug-likeness (QED) is 0.288. The lowest BCUT2D eigenvalue weighted by atomic mass is 10.2. The third kappa shape index (κ3) is 8.48. The number of rotatable bonds is 10. The van der Waals surface area contributed by atoms with Crippen molar-refractivity contribution < 1.29 is 24.2 Å². The zero-order valence-corrected chi connectivity index (χ0v) is 12.3. The van der Waals surface area contributed by atoms with Gasteiger partial charge in [0.05, 0.1) is 18.8 Å². The Hall–Kier alpha value is -1.62. The zero-order valence-electron chi connectivity index (χ0n) is 12.3. The standard InChI is InChI=1S/C15H24O5/c1-4-5-6-7-9-19-14(17)12(2)11-13(3)15(18)20-10-8-16/h11,16H,2,4-10H2,1,3H3/b13-11+. The van der Waals surface area contributed by atoms with Crippen LogP contribution in [0.5, 0.6) is 0 Å². The van der Waals surface area contributed by atoms with Crippen molar-refractivity contribution in [3.63, 3.8) is 0 Å². The molecule has 0 spiro atoms. The molecule has 0 rings (SSSR count). The van der Waals surface area contributed by atoms with Crippen molar-refractivity contribution in [3.8, 4) is 0 Å². The largest absolute Gasteiger partial charge is 0.462 e. The molecule has 0 saturated carbocycles. The molecule has 5 nitrogen and oxygen atoms in total. The van der Waals surface area contributed by atoms with Crippen molar-refractivity contribution in [1.29, 1.82) is 0 Å². The molecule has 0 saturated heterocycles. The van der Waals surface area contributed by atoms with E-state index in [1.54, 1.807) is 0 Å². The summed E-state index contributed by atoms with van der Waals surface area (Å²) in [6, 6.07) is 0. The lowest BCUT2D eigenvalue weighted by Crippen LogP contribution is -2.11. The van der Waals surface area contributed by atoms with E-state index < -0.39 is 11.9 Å². The van der Waals surface area contributed by atoms with Crippen molar-refractivity contribution in [2.24, 2.45) is 0 Å². The number of aliphatic hydroxyl groups is 1. The van der Waals surface area contributed by atoms with Gasteiger partial charge in [-0.3, -0.25) is 0 Å². The zero-order chi connectivity index (χ0) is 15.4. The minimum absolute atomic E-state index is 0.0711. The summed E-state index contributed by atoms with van der Waals surface area (Å²) in [5.74, 6) is -1.12. The van der Waals surface area contributed by atoms with E-state index in [2.05, 4.69) is 13.5 Å². The topological polar surface area (TPSA) is 72.8 Å². The summed E-state index contributed by atoms with van der Waals surface area (Å²) < 4.78 is 9.75. The Labute approximate surface area is 120 Å². The third-order valence-corrected chi connectivity index (χ3v) is 2.53. The van der Waals surface area contributed by atoms with Crippen LogP contribution in [0.4, 0.5) is 0 Å². The fourth-order valence-corrected chi connectivity index (χ4v) is 1.42. The van der Waals surface area contributed by atoms with Gasteiger partial charge in [-0.2, -0.15) is 0 Å². The summed E-state index contributed by atoms with van der Waals surface area (Å²) in [5.41, 5.74) is 0.352. The van der Waals surface area contributed by atoms with Gasteiger partial charge in [-0.1, -0.05) is 32.8 Å². The molecule has 0 radical (unpaired) electrons. The Bertz CT molecular complexity index is 357. The van der Waals surface area contributed by atoms with Crippen molar-refractivity contribution in [3.05, 3.63) is 23.8 Å². The molecule has 20 heavy (non-hydrogen) atoms. The lowest BCUT2D eigenvalue weighted by molar-refractivity contribution is -0.139. The van der Waals surface area contributed by atoms with Crippen molar-refractivity contribution in [2.75, 3.05) is 19.8 Å². The predicted octanol–water partition coefficient (Wildman–Crippen LogP) is 2.15. The molecule has 0 aliphatic carbocycles. The van der Waals surface area contributed by atoms with Gasteiger partial charge in [0, 0.05) is 5.57 Å². The van der Waals surface area contributed by atoms with E-state index >= 15 is 0 Å². The first kappa shape index (κ1) is 18.4. The van der Waals surface area contributed by atoms with Crippen LogP contribution in [0.3, 0.4) is 0 Å². The maximum Gasteiger partial charge on any atom is 0.337 e. The summed E-state index contributed by atoms with van der Waals surface area (Å²) >= 11 is 0.